The predicted molar refractivity (Wildman–Crippen MR) is 74.6 cm³/mol. The van der Waals surface area contributed by atoms with Crippen LogP contribution in [0, 0.1) is 0 Å². The van der Waals surface area contributed by atoms with Crippen LogP contribution < -0.4 is 11.0 Å². The first-order chi connectivity index (χ1) is 9.60. The van der Waals surface area contributed by atoms with Crippen LogP contribution in [0.25, 0.3) is 11.5 Å². The SMILES string of the molecule is CCOP(=O)(OCC)c1ccoc1-c1ccnc(N)n1. The molecule has 0 unspecified atom stereocenters. The predicted octanol–water partition coefficient (Wildman–Crippen LogP) is 2.21. The van der Waals surface area contributed by atoms with Crippen LogP contribution >= 0.6 is 7.60 Å². The van der Waals surface area contributed by atoms with Gasteiger partial charge in [-0.3, -0.25) is 4.57 Å². The van der Waals surface area contributed by atoms with Crippen LogP contribution in [-0.4, -0.2) is 23.2 Å². The lowest BCUT2D eigenvalue weighted by Crippen LogP contribution is -2.11. The number of nitrogens with zero attached hydrogens (tertiary/aromatic N) is 2. The van der Waals surface area contributed by atoms with Crippen LogP contribution in [0.3, 0.4) is 0 Å². The first kappa shape index (κ1) is 14.7. The number of aromatic nitrogens is 2. The van der Waals surface area contributed by atoms with Gasteiger partial charge in [-0.15, -0.1) is 0 Å². The Kier molecular flexibility index (Phi) is 4.54. The van der Waals surface area contributed by atoms with Gasteiger partial charge in [0.2, 0.25) is 5.95 Å². The minimum absolute atomic E-state index is 0.104. The third kappa shape index (κ3) is 2.90. The lowest BCUT2D eigenvalue weighted by Gasteiger charge is -2.16. The number of furan rings is 1. The van der Waals surface area contributed by atoms with Gasteiger partial charge < -0.3 is 19.2 Å². The van der Waals surface area contributed by atoms with E-state index in [0.717, 1.165) is 0 Å². The van der Waals surface area contributed by atoms with Gasteiger partial charge in [0, 0.05) is 6.20 Å². The van der Waals surface area contributed by atoms with Crippen molar-refractivity contribution in [2.45, 2.75) is 13.8 Å². The summed E-state index contributed by atoms with van der Waals surface area (Å²) in [5.41, 5.74) is 5.97. The van der Waals surface area contributed by atoms with Gasteiger partial charge in [-0.1, -0.05) is 0 Å². The second-order valence-electron chi connectivity index (χ2n) is 3.77. The maximum absolute atomic E-state index is 12.8. The van der Waals surface area contributed by atoms with Crippen molar-refractivity contribution in [1.82, 2.24) is 9.97 Å². The molecule has 108 valence electrons. The quantitative estimate of drug-likeness (QED) is 0.816. The molecule has 2 heterocycles. The van der Waals surface area contributed by atoms with E-state index in [4.69, 9.17) is 19.2 Å². The fourth-order valence-corrected chi connectivity index (χ4v) is 3.42. The molecule has 0 spiro atoms. The molecule has 0 aromatic carbocycles. The maximum atomic E-state index is 12.8. The van der Waals surface area contributed by atoms with Crippen LogP contribution in [0.4, 0.5) is 5.95 Å². The van der Waals surface area contributed by atoms with Crippen molar-refractivity contribution in [1.29, 1.82) is 0 Å². The second-order valence-corrected chi connectivity index (χ2v) is 5.76. The highest BCUT2D eigenvalue weighted by molar-refractivity contribution is 7.62. The van der Waals surface area contributed by atoms with E-state index in [9.17, 15) is 4.57 Å². The maximum Gasteiger partial charge on any atom is 0.365 e. The molecule has 2 aromatic heterocycles. The van der Waals surface area contributed by atoms with Gasteiger partial charge in [-0.05, 0) is 26.0 Å². The molecule has 0 aliphatic rings. The van der Waals surface area contributed by atoms with Gasteiger partial charge in [0.15, 0.2) is 5.76 Å². The summed E-state index contributed by atoms with van der Waals surface area (Å²) in [5.74, 6) is 0.414. The first-order valence-corrected chi connectivity index (χ1v) is 7.71. The van der Waals surface area contributed by atoms with E-state index in [2.05, 4.69) is 9.97 Å². The number of nitrogen functional groups attached to an aromatic ring is 1. The summed E-state index contributed by atoms with van der Waals surface area (Å²) in [5, 5.41) is 0.333. The fourth-order valence-electron chi connectivity index (χ4n) is 1.73. The lowest BCUT2D eigenvalue weighted by molar-refractivity contribution is 0.230. The summed E-state index contributed by atoms with van der Waals surface area (Å²) < 4.78 is 28.8. The lowest BCUT2D eigenvalue weighted by atomic mass is 10.3. The fraction of sp³-hybridized carbons (Fsp3) is 0.333. The van der Waals surface area contributed by atoms with Crippen molar-refractivity contribution in [3.63, 3.8) is 0 Å². The topological polar surface area (TPSA) is 100 Å². The van der Waals surface area contributed by atoms with E-state index in [1.165, 1.54) is 12.5 Å². The van der Waals surface area contributed by atoms with E-state index in [1.807, 2.05) is 0 Å². The van der Waals surface area contributed by atoms with E-state index >= 15 is 0 Å². The molecule has 0 radical (unpaired) electrons. The normalized spacial score (nSPS) is 11.7. The molecule has 20 heavy (non-hydrogen) atoms. The summed E-state index contributed by atoms with van der Waals surface area (Å²) in [7, 11) is -3.44. The van der Waals surface area contributed by atoms with Gasteiger partial charge in [0.25, 0.3) is 0 Å². The smallest absolute Gasteiger partial charge is 0.365 e. The average Bonchev–Trinajstić information content (AvgIpc) is 2.89. The van der Waals surface area contributed by atoms with Crippen LogP contribution in [-0.2, 0) is 13.6 Å². The largest absolute Gasteiger partial charge is 0.462 e. The molecular weight excluding hydrogens is 281 g/mol. The highest BCUT2D eigenvalue weighted by atomic mass is 31.2. The van der Waals surface area contributed by atoms with Crippen molar-refractivity contribution < 1.29 is 18.0 Å². The Morgan fingerprint density at radius 3 is 2.60 bits per heavy atom. The van der Waals surface area contributed by atoms with Gasteiger partial charge >= 0.3 is 7.60 Å². The number of nitrogens with two attached hydrogens (primary N) is 1. The molecule has 8 heteroatoms. The molecule has 2 N–H and O–H groups in total. The summed E-state index contributed by atoms with van der Waals surface area (Å²) in [6.45, 7) is 4.00. The van der Waals surface area contributed by atoms with E-state index in [-0.39, 0.29) is 19.2 Å². The van der Waals surface area contributed by atoms with Crippen molar-refractivity contribution >= 4 is 18.8 Å². The number of anilines is 1. The zero-order valence-corrected chi connectivity index (χ0v) is 12.2. The minimum atomic E-state index is -3.44. The molecule has 0 saturated heterocycles. The molecule has 0 amide bonds. The van der Waals surface area contributed by atoms with Gasteiger partial charge in [-0.2, -0.15) is 0 Å². The Balaban J connectivity index is 2.49. The zero-order chi connectivity index (χ0) is 14.6. The Morgan fingerprint density at radius 2 is 2.00 bits per heavy atom. The molecule has 0 fully saturated rings. The highest BCUT2D eigenvalue weighted by Crippen LogP contribution is 2.49. The summed E-state index contributed by atoms with van der Waals surface area (Å²) in [6, 6.07) is 3.17. The van der Waals surface area contributed by atoms with Crippen LogP contribution in [0.15, 0.2) is 29.0 Å². The Bertz CT molecular complexity index is 619. The third-order valence-electron chi connectivity index (χ3n) is 2.44. The number of rotatable bonds is 6. The monoisotopic (exact) mass is 297 g/mol. The molecule has 2 aromatic rings. The molecule has 2 rings (SSSR count). The van der Waals surface area contributed by atoms with Crippen LogP contribution in [0.5, 0.6) is 0 Å². The van der Waals surface area contributed by atoms with E-state index < -0.39 is 7.60 Å². The summed E-state index contributed by atoms with van der Waals surface area (Å²) in [4.78, 5) is 7.86. The average molecular weight is 297 g/mol. The molecule has 0 bridgehead atoms. The molecule has 0 aliphatic heterocycles. The van der Waals surface area contributed by atoms with Gasteiger partial charge in [0.1, 0.15) is 11.0 Å². The van der Waals surface area contributed by atoms with Crippen LogP contribution in [0.2, 0.25) is 0 Å². The van der Waals surface area contributed by atoms with Gasteiger partial charge in [0.05, 0.1) is 19.5 Å². The van der Waals surface area contributed by atoms with Crippen molar-refractivity contribution in [3.8, 4) is 11.5 Å². The Morgan fingerprint density at radius 1 is 1.30 bits per heavy atom. The minimum Gasteiger partial charge on any atom is -0.462 e. The Labute approximate surface area is 116 Å². The molecule has 0 aliphatic carbocycles. The number of hydrogen-bond donors (Lipinski definition) is 1. The Hall–Kier alpha value is -1.69. The summed E-state index contributed by atoms with van der Waals surface area (Å²) in [6.07, 6.45) is 2.91. The molecule has 0 saturated carbocycles. The molecule has 0 atom stereocenters. The molecule has 7 nitrogen and oxygen atoms in total. The first-order valence-electron chi connectivity index (χ1n) is 6.16. The van der Waals surface area contributed by atoms with Crippen molar-refractivity contribution in [2.24, 2.45) is 0 Å². The highest BCUT2D eigenvalue weighted by Gasteiger charge is 2.32. The standard InChI is InChI=1S/C12H16N3O4P/c1-3-18-20(16,19-4-2)10-6-8-17-11(10)9-5-7-14-12(13)15-9/h5-8H,3-4H2,1-2H3,(H2,13,14,15). The number of hydrogen-bond acceptors (Lipinski definition) is 7. The van der Waals surface area contributed by atoms with Gasteiger partial charge in [-0.25, -0.2) is 9.97 Å². The van der Waals surface area contributed by atoms with Crippen molar-refractivity contribution in [3.05, 3.63) is 24.6 Å². The second kappa shape index (κ2) is 6.17. The van der Waals surface area contributed by atoms with Crippen LogP contribution in [0.1, 0.15) is 13.8 Å². The van der Waals surface area contributed by atoms with Crippen molar-refractivity contribution in [2.75, 3.05) is 18.9 Å². The van der Waals surface area contributed by atoms with E-state index in [0.29, 0.717) is 16.8 Å². The molecular formula is C12H16N3O4P. The zero-order valence-electron chi connectivity index (χ0n) is 11.3. The third-order valence-corrected chi connectivity index (χ3v) is 4.58. The van der Waals surface area contributed by atoms with E-state index in [1.54, 1.807) is 26.0 Å². The summed E-state index contributed by atoms with van der Waals surface area (Å²) >= 11 is 0.